The fourth-order valence-corrected chi connectivity index (χ4v) is 4.51. The summed E-state index contributed by atoms with van der Waals surface area (Å²) in [7, 11) is 1.62. The zero-order valence-electron chi connectivity index (χ0n) is 19.2. The molecule has 1 saturated carbocycles. The van der Waals surface area contributed by atoms with Crippen molar-refractivity contribution in [3.63, 3.8) is 0 Å². The number of methoxy groups -OCH3 is 1. The number of fused-ring (bicyclic) bond motifs is 1. The van der Waals surface area contributed by atoms with Crippen LogP contribution in [0.25, 0.3) is 11.2 Å². The average molecular weight is 471 g/mol. The summed E-state index contributed by atoms with van der Waals surface area (Å²) in [6.45, 7) is 2.14. The van der Waals surface area contributed by atoms with Crippen molar-refractivity contribution in [1.29, 1.82) is 0 Å². The van der Waals surface area contributed by atoms with Crippen molar-refractivity contribution in [3.8, 4) is 11.8 Å². The van der Waals surface area contributed by atoms with Crippen molar-refractivity contribution in [1.82, 2.24) is 19.5 Å². The fourth-order valence-electron chi connectivity index (χ4n) is 4.51. The third kappa shape index (κ3) is 4.22. The highest BCUT2D eigenvalue weighted by Gasteiger charge is 2.43. The van der Waals surface area contributed by atoms with Gasteiger partial charge in [0.1, 0.15) is 24.1 Å². The van der Waals surface area contributed by atoms with Crippen LogP contribution in [0.5, 0.6) is 11.8 Å². The first kappa shape index (κ1) is 22.6. The minimum absolute atomic E-state index is 0.0519. The Kier molecular flexibility index (Phi) is 6.15. The second kappa shape index (κ2) is 9.24. The largest absolute Gasteiger partial charge is 0.497 e. The first-order valence-corrected chi connectivity index (χ1v) is 11.5. The van der Waals surface area contributed by atoms with Crippen molar-refractivity contribution >= 4 is 22.9 Å². The van der Waals surface area contributed by atoms with Gasteiger partial charge in [0.05, 0.1) is 13.2 Å². The minimum Gasteiger partial charge on any atom is -0.497 e. The van der Waals surface area contributed by atoms with E-state index in [1.165, 1.54) is 0 Å². The van der Waals surface area contributed by atoms with E-state index >= 15 is 0 Å². The molecule has 2 fully saturated rings. The van der Waals surface area contributed by atoms with E-state index in [4.69, 9.17) is 19.9 Å². The molecule has 0 bridgehead atoms. The average Bonchev–Trinajstić information content (AvgIpc) is 3.54. The summed E-state index contributed by atoms with van der Waals surface area (Å²) in [5, 5.41) is 24.3. The molecule has 1 aliphatic heterocycles. The maximum Gasteiger partial charge on any atom is 0.320 e. The van der Waals surface area contributed by atoms with Gasteiger partial charge in [0.15, 0.2) is 23.2 Å². The molecule has 1 aromatic carbocycles. The van der Waals surface area contributed by atoms with E-state index in [2.05, 4.69) is 20.3 Å². The van der Waals surface area contributed by atoms with Crippen molar-refractivity contribution in [2.45, 2.75) is 69.8 Å². The van der Waals surface area contributed by atoms with Gasteiger partial charge >= 0.3 is 6.01 Å². The predicted molar refractivity (Wildman–Crippen MR) is 125 cm³/mol. The monoisotopic (exact) mass is 470 g/mol. The number of nitrogens with one attached hydrogen (secondary N) is 1. The molecule has 1 saturated heterocycles. The van der Waals surface area contributed by atoms with Crippen molar-refractivity contribution in [3.05, 3.63) is 29.8 Å². The summed E-state index contributed by atoms with van der Waals surface area (Å²) in [5.41, 5.74) is 7.96. The van der Waals surface area contributed by atoms with E-state index in [1.54, 1.807) is 18.6 Å². The van der Waals surface area contributed by atoms with Gasteiger partial charge in [-0.1, -0.05) is 12.1 Å². The van der Waals surface area contributed by atoms with Crippen LogP contribution in [0.3, 0.4) is 0 Å². The number of hydrogen-bond acceptors (Lipinski definition) is 10. The van der Waals surface area contributed by atoms with Gasteiger partial charge in [0, 0.05) is 6.54 Å². The standard InChI is InChI=1S/C23H30N6O5/c1-12-17(30)18(31)21(33-12)29-20-16(19(24)27-23(28-20)34-15-5-3-4-6-15)26-22(29)25-11-13-7-9-14(32-2)10-8-13/h7-10,12,15,17-18,21,30-31H,3-6,11H2,1-2H3,(H,25,26)(H2,24,27,28)/t12-,17-,18-,21?/m1/s1. The first-order chi connectivity index (χ1) is 16.4. The van der Waals surface area contributed by atoms with Crippen molar-refractivity contribution in [2.24, 2.45) is 0 Å². The molecule has 1 unspecified atom stereocenters. The lowest BCUT2D eigenvalue weighted by Gasteiger charge is -2.20. The minimum atomic E-state index is -1.18. The number of aliphatic hydroxyl groups excluding tert-OH is 2. The van der Waals surface area contributed by atoms with Crippen LogP contribution in [0.15, 0.2) is 24.3 Å². The number of hydrogen-bond donors (Lipinski definition) is 4. The first-order valence-electron chi connectivity index (χ1n) is 11.5. The molecule has 0 amide bonds. The van der Waals surface area contributed by atoms with Gasteiger partial charge in [-0.25, -0.2) is 4.98 Å². The fraction of sp³-hybridized carbons (Fsp3) is 0.522. The second-order valence-electron chi connectivity index (χ2n) is 8.81. The highest BCUT2D eigenvalue weighted by molar-refractivity contribution is 5.84. The molecule has 5 N–H and O–H groups in total. The Morgan fingerprint density at radius 3 is 2.50 bits per heavy atom. The molecule has 3 heterocycles. The zero-order chi connectivity index (χ0) is 23.8. The molecule has 34 heavy (non-hydrogen) atoms. The van der Waals surface area contributed by atoms with Gasteiger partial charge in [-0.05, 0) is 50.3 Å². The molecule has 11 heteroatoms. The Morgan fingerprint density at radius 1 is 1.12 bits per heavy atom. The summed E-state index contributed by atoms with van der Waals surface area (Å²) in [6.07, 6.45) is 0.454. The van der Waals surface area contributed by atoms with Crippen molar-refractivity contribution < 1.29 is 24.4 Å². The van der Waals surface area contributed by atoms with E-state index in [1.807, 2.05) is 24.3 Å². The third-order valence-corrected chi connectivity index (χ3v) is 6.46. The predicted octanol–water partition coefficient (Wildman–Crippen LogP) is 1.99. The van der Waals surface area contributed by atoms with Crippen LogP contribution in [0.4, 0.5) is 11.8 Å². The summed E-state index contributed by atoms with van der Waals surface area (Å²) < 4.78 is 18.7. The molecule has 4 atom stereocenters. The SMILES string of the molecule is COc1ccc(CNc2nc3c(N)nc(OC4CCCC4)nc3n2C2O[C@H](C)[C@@H](O)[C@H]2O)cc1. The van der Waals surface area contributed by atoms with Gasteiger partial charge in [0.2, 0.25) is 5.95 Å². The number of nitrogens with zero attached hydrogens (tertiary/aromatic N) is 4. The van der Waals surface area contributed by atoms with Gasteiger partial charge in [-0.2, -0.15) is 9.97 Å². The Balaban J connectivity index is 1.52. The number of benzene rings is 1. The number of ether oxygens (including phenoxy) is 3. The summed E-state index contributed by atoms with van der Waals surface area (Å²) in [6, 6.07) is 7.79. The lowest BCUT2D eigenvalue weighted by atomic mass is 10.1. The van der Waals surface area contributed by atoms with Crippen LogP contribution in [-0.2, 0) is 11.3 Å². The Morgan fingerprint density at radius 2 is 1.85 bits per heavy atom. The number of anilines is 2. The van der Waals surface area contributed by atoms with E-state index in [0.717, 1.165) is 37.0 Å². The van der Waals surface area contributed by atoms with Crippen LogP contribution >= 0.6 is 0 Å². The molecule has 5 rings (SSSR count). The van der Waals surface area contributed by atoms with Crippen LogP contribution in [-0.4, -0.2) is 61.3 Å². The molecule has 3 aromatic rings. The maximum atomic E-state index is 10.7. The number of nitrogens with two attached hydrogens (primary N) is 1. The van der Waals surface area contributed by atoms with Crippen molar-refractivity contribution in [2.75, 3.05) is 18.2 Å². The zero-order valence-corrected chi connectivity index (χ0v) is 19.2. The van der Waals surface area contributed by atoms with Crippen LogP contribution in [0.1, 0.15) is 44.4 Å². The molecule has 0 radical (unpaired) electrons. The molecular formula is C23H30N6O5. The number of rotatable bonds is 7. The van der Waals surface area contributed by atoms with Crippen LogP contribution in [0.2, 0.25) is 0 Å². The lowest BCUT2D eigenvalue weighted by Crippen LogP contribution is -2.30. The maximum absolute atomic E-state index is 10.7. The Bertz CT molecular complexity index is 1150. The summed E-state index contributed by atoms with van der Waals surface area (Å²) in [5.74, 6) is 1.32. The molecule has 1 aliphatic carbocycles. The molecular weight excluding hydrogens is 440 g/mol. The van der Waals surface area contributed by atoms with E-state index in [0.29, 0.717) is 23.7 Å². The number of nitrogen functional groups attached to an aromatic ring is 1. The Hall–Kier alpha value is -3.15. The molecule has 2 aliphatic rings. The molecule has 11 nitrogen and oxygen atoms in total. The smallest absolute Gasteiger partial charge is 0.320 e. The van der Waals surface area contributed by atoms with Gasteiger partial charge in [0.25, 0.3) is 0 Å². The van der Waals surface area contributed by atoms with Gasteiger partial charge in [-0.3, -0.25) is 4.57 Å². The quantitative estimate of drug-likeness (QED) is 0.404. The van der Waals surface area contributed by atoms with Gasteiger partial charge < -0.3 is 35.5 Å². The number of imidazole rings is 1. The highest BCUT2D eigenvalue weighted by Crippen LogP contribution is 2.36. The molecule has 182 valence electrons. The lowest BCUT2D eigenvalue weighted by molar-refractivity contribution is -0.0287. The summed E-state index contributed by atoms with van der Waals surface area (Å²) in [4.78, 5) is 13.5. The van der Waals surface area contributed by atoms with E-state index in [-0.39, 0.29) is 17.9 Å². The molecule has 2 aromatic heterocycles. The normalized spacial score (nSPS) is 25.2. The number of aliphatic hydroxyl groups is 2. The van der Waals surface area contributed by atoms with E-state index < -0.39 is 24.5 Å². The number of aromatic nitrogens is 4. The summed E-state index contributed by atoms with van der Waals surface area (Å²) >= 11 is 0. The topological polar surface area (TPSA) is 150 Å². The highest BCUT2D eigenvalue weighted by atomic mass is 16.6. The third-order valence-electron chi connectivity index (χ3n) is 6.46. The second-order valence-corrected chi connectivity index (χ2v) is 8.81. The Labute approximate surface area is 196 Å². The van der Waals surface area contributed by atoms with E-state index in [9.17, 15) is 10.2 Å². The van der Waals surface area contributed by atoms with Gasteiger partial charge in [-0.15, -0.1) is 0 Å². The molecule has 0 spiro atoms. The van der Waals surface area contributed by atoms with Crippen LogP contribution in [0, 0.1) is 0 Å². The van der Waals surface area contributed by atoms with Crippen LogP contribution < -0.4 is 20.5 Å².